The summed E-state index contributed by atoms with van der Waals surface area (Å²) in [7, 11) is 3.03. The van der Waals surface area contributed by atoms with E-state index < -0.39 is 0 Å². The Labute approximate surface area is 108 Å². The summed E-state index contributed by atoms with van der Waals surface area (Å²) < 4.78 is 5.67. The Bertz CT molecular complexity index is 435. The number of benzene rings is 1. The van der Waals surface area contributed by atoms with Crippen molar-refractivity contribution in [1.82, 2.24) is 10.6 Å². The molecule has 6 heteroatoms. The third kappa shape index (κ3) is 3.74. The fourth-order valence-electron chi connectivity index (χ4n) is 1.15. The molecule has 5 nitrogen and oxygen atoms in total. The molecule has 0 aliphatic heterocycles. The summed E-state index contributed by atoms with van der Waals surface area (Å²) in [6, 6.07) is 5.05. The molecule has 1 aromatic rings. The summed E-state index contributed by atoms with van der Waals surface area (Å²) in [5, 5.41) is 4.92. The first-order valence-corrected chi connectivity index (χ1v) is 5.70. The lowest BCUT2D eigenvalue weighted by Gasteiger charge is -2.08. The zero-order chi connectivity index (χ0) is 12.8. The lowest BCUT2D eigenvalue weighted by Crippen LogP contribution is -2.35. The quantitative estimate of drug-likeness (QED) is 0.869. The van der Waals surface area contributed by atoms with Gasteiger partial charge >= 0.3 is 0 Å². The summed E-state index contributed by atoms with van der Waals surface area (Å²) in [5.74, 6) is -0.00460. The SMILES string of the molecule is CNC(=O)CNC(=O)c1cc(OC)ccc1Br. The Morgan fingerprint density at radius 3 is 2.71 bits per heavy atom. The van der Waals surface area contributed by atoms with E-state index in [-0.39, 0.29) is 18.4 Å². The van der Waals surface area contributed by atoms with Gasteiger partial charge in [-0.3, -0.25) is 9.59 Å². The summed E-state index contributed by atoms with van der Waals surface area (Å²) in [6.07, 6.45) is 0. The minimum absolute atomic E-state index is 0.0566. The molecule has 1 aromatic carbocycles. The maximum Gasteiger partial charge on any atom is 0.252 e. The van der Waals surface area contributed by atoms with Gasteiger partial charge in [0.2, 0.25) is 5.91 Å². The van der Waals surface area contributed by atoms with Crippen LogP contribution in [0.2, 0.25) is 0 Å². The highest BCUT2D eigenvalue weighted by Crippen LogP contribution is 2.22. The van der Waals surface area contributed by atoms with Gasteiger partial charge in [0, 0.05) is 11.5 Å². The van der Waals surface area contributed by atoms with Crippen molar-refractivity contribution in [1.29, 1.82) is 0 Å². The van der Waals surface area contributed by atoms with E-state index in [1.807, 2.05) is 0 Å². The van der Waals surface area contributed by atoms with Crippen LogP contribution in [-0.4, -0.2) is 32.5 Å². The highest BCUT2D eigenvalue weighted by Gasteiger charge is 2.11. The number of nitrogens with one attached hydrogen (secondary N) is 2. The van der Waals surface area contributed by atoms with Crippen molar-refractivity contribution in [2.24, 2.45) is 0 Å². The van der Waals surface area contributed by atoms with Gasteiger partial charge in [-0.05, 0) is 34.1 Å². The second-order valence-corrected chi connectivity index (χ2v) is 4.06. The second-order valence-electron chi connectivity index (χ2n) is 3.20. The molecular weight excluding hydrogens is 288 g/mol. The van der Waals surface area contributed by atoms with Crippen LogP contribution in [0.3, 0.4) is 0 Å². The van der Waals surface area contributed by atoms with Crippen LogP contribution in [0.25, 0.3) is 0 Å². The summed E-state index contributed by atoms with van der Waals surface area (Å²) >= 11 is 3.27. The molecule has 0 atom stereocenters. The number of amides is 2. The highest BCUT2D eigenvalue weighted by molar-refractivity contribution is 9.10. The molecule has 1 rings (SSSR count). The number of ether oxygens (including phenoxy) is 1. The molecule has 0 radical (unpaired) electrons. The zero-order valence-electron chi connectivity index (χ0n) is 9.54. The van der Waals surface area contributed by atoms with Crippen LogP contribution in [0, 0.1) is 0 Å². The van der Waals surface area contributed by atoms with Gasteiger partial charge in [0.25, 0.3) is 5.91 Å². The van der Waals surface area contributed by atoms with Crippen LogP contribution in [0.4, 0.5) is 0 Å². The molecule has 0 unspecified atom stereocenters. The second kappa shape index (κ2) is 6.24. The third-order valence-corrected chi connectivity index (χ3v) is 2.80. The zero-order valence-corrected chi connectivity index (χ0v) is 11.1. The van der Waals surface area contributed by atoms with E-state index in [0.29, 0.717) is 15.8 Å². The maximum absolute atomic E-state index is 11.8. The number of hydrogen-bond donors (Lipinski definition) is 2. The summed E-state index contributed by atoms with van der Waals surface area (Å²) in [5.41, 5.74) is 0.424. The molecule has 2 amide bonds. The van der Waals surface area contributed by atoms with Crippen LogP contribution >= 0.6 is 15.9 Å². The Morgan fingerprint density at radius 2 is 2.12 bits per heavy atom. The first-order chi connectivity index (χ1) is 8.08. The van der Waals surface area contributed by atoms with Gasteiger partial charge in [0.15, 0.2) is 0 Å². The van der Waals surface area contributed by atoms with Crippen molar-refractivity contribution in [2.75, 3.05) is 20.7 Å². The van der Waals surface area contributed by atoms with Gasteiger partial charge in [0.05, 0.1) is 19.2 Å². The minimum atomic E-state index is -0.334. The minimum Gasteiger partial charge on any atom is -0.497 e. The molecule has 0 spiro atoms. The van der Waals surface area contributed by atoms with Crippen molar-refractivity contribution in [3.8, 4) is 5.75 Å². The molecule has 92 valence electrons. The van der Waals surface area contributed by atoms with Crippen LogP contribution in [0.1, 0.15) is 10.4 Å². The third-order valence-electron chi connectivity index (χ3n) is 2.11. The van der Waals surface area contributed by atoms with E-state index >= 15 is 0 Å². The predicted octanol–water partition coefficient (Wildman–Crippen LogP) is 0.933. The number of rotatable bonds is 4. The van der Waals surface area contributed by atoms with Crippen LogP contribution < -0.4 is 15.4 Å². The fourth-order valence-corrected chi connectivity index (χ4v) is 1.58. The molecule has 0 bridgehead atoms. The molecule has 0 fully saturated rings. The van der Waals surface area contributed by atoms with E-state index in [1.54, 1.807) is 18.2 Å². The van der Waals surface area contributed by atoms with Crippen molar-refractivity contribution in [3.63, 3.8) is 0 Å². The van der Waals surface area contributed by atoms with E-state index in [0.717, 1.165) is 0 Å². The number of methoxy groups -OCH3 is 1. The predicted molar refractivity (Wildman–Crippen MR) is 67.1 cm³/mol. The topological polar surface area (TPSA) is 67.4 Å². The molecular formula is C11H13BrN2O3. The van der Waals surface area contributed by atoms with E-state index in [1.165, 1.54) is 14.2 Å². The average molecular weight is 301 g/mol. The Hall–Kier alpha value is -1.56. The number of hydrogen-bond acceptors (Lipinski definition) is 3. The van der Waals surface area contributed by atoms with Gasteiger partial charge in [-0.2, -0.15) is 0 Å². The molecule has 2 N–H and O–H groups in total. The summed E-state index contributed by atoms with van der Waals surface area (Å²) in [4.78, 5) is 22.8. The monoisotopic (exact) mass is 300 g/mol. The highest BCUT2D eigenvalue weighted by atomic mass is 79.9. The van der Waals surface area contributed by atoms with Crippen LogP contribution in [0.15, 0.2) is 22.7 Å². The molecule has 0 heterocycles. The molecule has 0 saturated carbocycles. The standard InChI is InChI=1S/C11H13BrN2O3/c1-13-10(15)6-14-11(16)8-5-7(17-2)3-4-9(8)12/h3-5H,6H2,1-2H3,(H,13,15)(H,14,16). The van der Waals surface area contributed by atoms with Crippen molar-refractivity contribution in [2.45, 2.75) is 0 Å². The number of carbonyl (C=O) groups excluding carboxylic acids is 2. The molecule has 0 aliphatic carbocycles. The first-order valence-electron chi connectivity index (χ1n) is 4.90. The summed E-state index contributed by atoms with van der Waals surface area (Å²) in [6.45, 7) is -0.0566. The van der Waals surface area contributed by atoms with Gasteiger partial charge < -0.3 is 15.4 Å². The van der Waals surface area contributed by atoms with Gasteiger partial charge in [0.1, 0.15) is 5.75 Å². The lowest BCUT2D eigenvalue weighted by atomic mass is 10.2. The Kier molecular flexibility index (Phi) is 4.96. The number of carbonyl (C=O) groups is 2. The lowest BCUT2D eigenvalue weighted by molar-refractivity contribution is -0.119. The Balaban J connectivity index is 2.77. The first kappa shape index (κ1) is 13.5. The normalized spacial score (nSPS) is 9.59. The van der Waals surface area contributed by atoms with E-state index in [4.69, 9.17) is 4.74 Å². The fraction of sp³-hybridized carbons (Fsp3) is 0.273. The maximum atomic E-state index is 11.8. The largest absolute Gasteiger partial charge is 0.497 e. The van der Waals surface area contributed by atoms with Gasteiger partial charge in [-0.1, -0.05) is 0 Å². The molecule has 0 aliphatic rings. The Morgan fingerprint density at radius 1 is 1.41 bits per heavy atom. The van der Waals surface area contributed by atoms with Crippen LogP contribution in [-0.2, 0) is 4.79 Å². The smallest absolute Gasteiger partial charge is 0.252 e. The van der Waals surface area contributed by atoms with Crippen molar-refractivity contribution >= 4 is 27.7 Å². The molecule has 0 aromatic heterocycles. The average Bonchev–Trinajstić information content (AvgIpc) is 2.36. The van der Waals surface area contributed by atoms with E-state index in [2.05, 4.69) is 26.6 Å². The number of halogens is 1. The van der Waals surface area contributed by atoms with Crippen molar-refractivity contribution < 1.29 is 14.3 Å². The van der Waals surface area contributed by atoms with Gasteiger partial charge in [-0.15, -0.1) is 0 Å². The molecule has 17 heavy (non-hydrogen) atoms. The van der Waals surface area contributed by atoms with Gasteiger partial charge in [-0.25, -0.2) is 0 Å². The molecule has 0 saturated heterocycles. The van der Waals surface area contributed by atoms with E-state index in [9.17, 15) is 9.59 Å². The number of likely N-dealkylation sites (N-methyl/N-ethyl adjacent to an activating group) is 1. The van der Waals surface area contributed by atoms with Crippen LogP contribution in [0.5, 0.6) is 5.75 Å². The van der Waals surface area contributed by atoms with Crippen molar-refractivity contribution in [3.05, 3.63) is 28.2 Å².